The van der Waals surface area contributed by atoms with Crippen LogP contribution in [0, 0.1) is 11.8 Å². The number of carboxylic acid groups (broad SMARTS) is 1. The number of benzene rings is 1. The van der Waals surface area contributed by atoms with E-state index in [1.165, 1.54) is 5.56 Å². The average molecular weight is 369 g/mol. The summed E-state index contributed by atoms with van der Waals surface area (Å²) in [5.41, 5.74) is 2.26. The number of likely N-dealkylation sites (tertiary alicyclic amines) is 1. The molecule has 2 heterocycles. The first kappa shape index (κ1) is 19.2. The molecule has 0 aliphatic carbocycles. The van der Waals surface area contributed by atoms with Gasteiger partial charge in [-0.25, -0.2) is 0 Å². The predicted octanol–water partition coefficient (Wildman–Crippen LogP) is 4.43. The van der Waals surface area contributed by atoms with Crippen LogP contribution >= 0.6 is 0 Å². The fourth-order valence-corrected chi connectivity index (χ4v) is 3.60. The Morgan fingerprint density at radius 3 is 2.33 bits per heavy atom. The van der Waals surface area contributed by atoms with Gasteiger partial charge in [0.05, 0.1) is 5.92 Å². The lowest BCUT2D eigenvalue weighted by molar-refractivity contribution is -0.145. The van der Waals surface area contributed by atoms with E-state index in [4.69, 9.17) is 4.42 Å². The summed E-state index contributed by atoms with van der Waals surface area (Å²) in [6.45, 7) is 9.26. The van der Waals surface area contributed by atoms with E-state index in [1.807, 2.05) is 25.1 Å². The highest BCUT2D eigenvalue weighted by Gasteiger charge is 2.34. The summed E-state index contributed by atoms with van der Waals surface area (Å²) in [5.74, 6) is -0.461. The van der Waals surface area contributed by atoms with Gasteiger partial charge in [-0.15, -0.1) is 0 Å². The third kappa shape index (κ3) is 4.07. The molecule has 1 aliphatic heterocycles. The maximum atomic E-state index is 12.7. The first-order valence-corrected chi connectivity index (χ1v) is 9.39. The molecule has 2 aromatic rings. The maximum absolute atomic E-state index is 12.7. The number of amides is 1. The number of rotatable bonds is 3. The maximum Gasteiger partial charge on any atom is 0.306 e. The summed E-state index contributed by atoms with van der Waals surface area (Å²) in [4.78, 5) is 25.7. The van der Waals surface area contributed by atoms with Crippen LogP contribution in [0.3, 0.4) is 0 Å². The topological polar surface area (TPSA) is 70.8 Å². The summed E-state index contributed by atoms with van der Waals surface area (Å²) in [7, 11) is 0. The largest absolute Gasteiger partial charge is 0.481 e. The minimum absolute atomic E-state index is 0.0698. The molecule has 2 unspecified atom stereocenters. The summed E-state index contributed by atoms with van der Waals surface area (Å²) in [6.07, 6.45) is 0.476. The molecule has 1 saturated heterocycles. The fraction of sp³-hybridized carbons (Fsp3) is 0.455. The molecule has 3 rings (SSSR count). The molecule has 1 aromatic carbocycles. The summed E-state index contributed by atoms with van der Waals surface area (Å²) in [5, 5.41) is 9.23. The number of carbonyl (C=O) groups is 2. The highest BCUT2D eigenvalue weighted by Crippen LogP contribution is 2.29. The zero-order valence-electron chi connectivity index (χ0n) is 16.4. The summed E-state index contributed by atoms with van der Waals surface area (Å²) in [6, 6.07) is 11.7. The number of hydrogen-bond acceptors (Lipinski definition) is 3. The Morgan fingerprint density at radius 2 is 1.78 bits per heavy atom. The predicted molar refractivity (Wildman–Crippen MR) is 104 cm³/mol. The first-order valence-electron chi connectivity index (χ1n) is 9.39. The molecule has 1 amide bonds. The molecule has 0 spiro atoms. The number of carboxylic acids is 1. The average Bonchev–Trinajstić information content (AvgIpc) is 3.10. The number of furan rings is 1. The van der Waals surface area contributed by atoms with Gasteiger partial charge in [-0.1, -0.05) is 52.0 Å². The Hall–Kier alpha value is -2.56. The Morgan fingerprint density at radius 1 is 1.11 bits per heavy atom. The van der Waals surface area contributed by atoms with Gasteiger partial charge >= 0.3 is 5.97 Å². The number of piperidine rings is 1. The number of hydrogen-bond donors (Lipinski definition) is 1. The SMILES string of the molecule is CC1CN(C(=O)c2ccc(-c3ccc(C(C)(C)C)cc3)o2)CCC1C(=O)O. The van der Waals surface area contributed by atoms with E-state index in [2.05, 4.69) is 32.9 Å². The van der Waals surface area contributed by atoms with Crippen LogP contribution in [-0.4, -0.2) is 35.0 Å². The zero-order valence-corrected chi connectivity index (χ0v) is 16.4. The van der Waals surface area contributed by atoms with E-state index in [0.29, 0.717) is 31.0 Å². The summed E-state index contributed by atoms with van der Waals surface area (Å²) >= 11 is 0. The summed E-state index contributed by atoms with van der Waals surface area (Å²) < 4.78 is 5.81. The molecule has 1 aromatic heterocycles. The first-order chi connectivity index (χ1) is 12.7. The van der Waals surface area contributed by atoms with E-state index >= 15 is 0 Å². The van der Waals surface area contributed by atoms with Gasteiger partial charge in [0.15, 0.2) is 5.76 Å². The number of carbonyl (C=O) groups excluding carboxylic acids is 1. The smallest absolute Gasteiger partial charge is 0.306 e. The second-order valence-electron chi connectivity index (χ2n) is 8.45. The zero-order chi connectivity index (χ0) is 19.8. The van der Waals surface area contributed by atoms with Crippen molar-refractivity contribution in [2.24, 2.45) is 11.8 Å². The Bertz CT molecular complexity index is 829. The van der Waals surface area contributed by atoms with Crippen LogP contribution in [0.4, 0.5) is 0 Å². The molecule has 0 radical (unpaired) electrons. The molecule has 0 saturated carbocycles. The molecule has 1 N–H and O–H groups in total. The second-order valence-corrected chi connectivity index (χ2v) is 8.45. The normalized spacial score (nSPS) is 20.5. The molecule has 5 nitrogen and oxygen atoms in total. The molecule has 27 heavy (non-hydrogen) atoms. The standard InChI is InChI=1S/C22H27NO4/c1-14-13-23(12-11-17(14)21(25)26)20(24)19-10-9-18(27-19)15-5-7-16(8-6-15)22(2,3)4/h5-10,14,17H,11-13H2,1-4H3,(H,25,26). The van der Waals surface area contributed by atoms with Gasteiger partial charge in [-0.2, -0.15) is 0 Å². The number of aliphatic carboxylic acids is 1. The molecular weight excluding hydrogens is 342 g/mol. The van der Waals surface area contributed by atoms with Gasteiger partial charge in [0.2, 0.25) is 0 Å². The van der Waals surface area contributed by atoms with Crippen molar-refractivity contribution in [2.75, 3.05) is 13.1 Å². The van der Waals surface area contributed by atoms with Crippen LogP contribution in [0.5, 0.6) is 0 Å². The van der Waals surface area contributed by atoms with Crippen molar-refractivity contribution in [3.8, 4) is 11.3 Å². The van der Waals surface area contributed by atoms with Gasteiger partial charge < -0.3 is 14.4 Å². The van der Waals surface area contributed by atoms with Crippen LogP contribution in [0.1, 0.15) is 50.2 Å². The van der Waals surface area contributed by atoms with Crippen LogP contribution < -0.4 is 0 Å². The molecular formula is C22H27NO4. The van der Waals surface area contributed by atoms with E-state index in [-0.39, 0.29) is 23.2 Å². The van der Waals surface area contributed by atoms with Crippen molar-refractivity contribution >= 4 is 11.9 Å². The molecule has 5 heteroatoms. The van der Waals surface area contributed by atoms with Crippen LogP contribution in [0.15, 0.2) is 40.8 Å². The van der Waals surface area contributed by atoms with Crippen molar-refractivity contribution in [1.29, 1.82) is 0 Å². The third-order valence-electron chi connectivity index (χ3n) is 5.36. The minimum Gasteiger partial charge on any atom is -0.481 e. The van der Waals surface area contributed by atoms with E-state index in [9.17, 15) is 14.7 Å². The van der Waals surface area contributed by atoms with Crippen LogP contribution in [0.25, 0.3) is 11.3 Å². The Balaban J connectivity index is 1.72. The number of nitrogens with zero attached hydrogens (tertiary/aromatic N) is 1. The molecule has 1 aliphatic rings. The molecule has 144 valence electrons. The van der Waals surface area contributed by atoms with Crippen molar-refractivity contribution in [3.05, 3.63) is 47.7 Å². The Labute approximate surface area is 160 Å². The lowest BCUT2D eigenvalue weighted by Gasteiger charge is -2.34. The minimum atomic E-state index is -0.784. The van der Waals surface area contributed by atoms with E-state index in [1.54, 1.807) is 11.0 Å². The van der Waals surface area contributed by atoms with Gasteiger partial charge in [0, 0.05) is 18.7 Å². The second kappa shape index (κ2) is 7.22. The van der Waals surface area contributed by atoms with Crippen molar-refractivity contribution < 1.29 is 19.1 Å². The van der Waals surface area contributed by atoms with Gasteiger partial charge in [0.1, 0.15) is 5.76 Å². The molecule has 0 bridgehead atoms. The van der Waals surface area contributed by atoms with Gasteiger partial charge in [0.25, 0.3) is 5.91 Å². The fourth-order valence-electron chi connectivity index (χ4n) is 3.60. The van der Waals surface area contributed by atoms with Gasteiger partial charge in [-0.05, 0) is 35.4 Å². The molecule has 1 fully saturated rings. The third-order valence-corrected chi connectivity index (χ3v) is 5.36. The van der Waals surface area contributed by atoms with Gasteiger partial charge in [-0.3, -0.25) is 9.59 Å². The van der Waals surface area contributed by atoms with Crippen LogP contribution in [0.2, 0.25) is 0 Å². The van der Waals surface area contributed by atoms with Crippen molar-refractivity contribution in [1.82, 2.24) is 4.90 Å². The monoisotopic (exact) mass is 369 g/mol. The lowest BCUT2D eigenvalue weighted by atomic mass is 9.86. The van der Waals surface area contributed by atoms with E-state index < -0.39 is 5.97 Å². The van der Waals surface area contributed by atoms with E-state index in [0.717, 1.165) is 5.56 Å². The Kier molecular flexibility index (Phi) is 5.13. The van der Waals surface area contributed by atoms with Crippen molar-refractivity contribution in [3.63, 3.8) is 0 Å². The lowest BCUT2D eigenvalue weighted by Crippen LogP contribution is -2.44. The molecule has 2 atom stereocenters. The highest BCUT2D eigenvalue weighted by atomic mass is 16.4. The highest BCUT2D eigenvalue weighted by molar-refractivity contribution is 5.92. The quantitative estimate of drug-likeness (QED) is 0.869. The van der Waals surface area contributed by atoms with Crippen LogP contribution in [-0.2, 0) is 10.2 Å². The van der Waals surface area contributed by atoms with Crippen molar-refractivity contribution in [2.45, 2.75) is 39.5 Å².